The summed E-state index contributed by atoms with van der Waals surface area (Å²) in [6.07, 6.45) is 0. The molecule has 0 unspecified atom stereocenters. The molecule has 6 nitrogen and oxygen atoms in total. The highest BCUT2D eigenvalue weighted by atomic mass is 32.2. The largest absolute Gasteiger partial charge is 0.497 e. The number of aromatic nitrogens is 1. The molecule has 0 spiro atoms. The topological polar surface area (TPSA) is 71.5 Å². The van der Waals surface area contributed by atoms with E-state index in [0.29, 0.717) is 18.0 Å². The molecule has 1 N–H and O–H groups in total. The van der Waals surface area contributed by atoms with Gasteiger partial charge in [0, 0.05) is 35.8 Å². The zero-order chi connectivity index (χ0) is 20.1. The second kappa shape index (κ2) is 8.72. The summed E-state index contributed by atoms with van der Waals surface area (Å²) in [6.45, 7) is 4.57. The molecular formula is C20H23N3O3S2. The lowest BCUT2D eigenvalue weighted by atomic mass is 10.2. The van der Waals surface area contributed by atoms with Crippen LogP contribution in [0.25, 0.3) is 11.3 Å². The zero-order valence-corrected chi connectivity index (χ0v) is 17.7. The Morgan fingerprint density at radius 1 is 1.11 bits per heavy atom. The first-order chi connectivity index (χ1) is 13.5. The summed E-state index contributed by atoms with van der Waals surface area (Å²) in [5.74, 6) is 0.770. The van der Waals surface area contributed by atoms with Crippen molar-refractivity contribution in [3.63, 3.8) is 0 Å². The summed E-state index contributed by atoms with van der Waals surface area (Å²) >= 11 is 1.49. The Morgan fingerprint density at radius 2 is 1.82 bits per heavy atom. The van der Waals surface area contributed by atoms with Crippen molar-refractivity contribution in [3.8, 4) is 17.0 Å². The van der Waals surface area contributed by atoms with Crippen LogP contribution in [0.3, 0.4) is 0 Å². The number of benzene rings is 2. The number of methoxy groups -OCH3 is 1. The lowest BCUT2D eigenvalue weighted by Gasteiger charge is -2.18. The highest BCUT2D eigenvalue weighted by molar-refractivity contribution is 7.89. The first-order valence-corrected chi connectivity index (χ1v) is 11.3. The Kier molecular flexibility index (Phi) is 6.33. The van der Waals surface area contributed by atoms with E-state index in [2.05, 4.69) is 10.3 Å². The van der Waals surface area contributed by atoms with Gasteiger partial charge in [0.05, 0.1) is 17.7 Å². The maximum absolute atomic E-state index is 12.6. The molecule has 0 atom stereocenters. The van der Waals surface area contributed by atoms with Gasteiger partial charge < -0.3 is 10.1 Å². The monoisotopic (exact) mass is 417 g/mol. The zero-order valence-electron chi connectivity index (χ0n) is 16.0. The molecule has 3 aromatic rings. The summed E-state index contributed by atoms with van der Waals surface area (Å²) in [4.78, 5) is 4.89. The first kappa shape index (κ1) is 20.3. The Bertz CT molecular complexity index is 1030. The van der Waals surface area contributed by atoms with E-state index < -0.39 is 10.0 Å². The van der Waals surface area contributed by atoms with Crippen LogP contribution < -0.4 is 10.1 Å². The fraction of sp³-hybridized carbons (Fsp3) is 0.250. The molecule has 148 valence electrons. The van der Waals surface area contributed by atoms with Crippen LogP contribution in [0.1, 0.15) is 13.8 Å². The molecule has 0 aliphatic heterocycles. The SMILES string of the molecule is CCN(CC)S(=O)(=O)c1ccc(-c2csc(Nc3cccc(OC)c3)n2)cc1. The maximum atomic E-state index is 12.6. The third-order valence-corrected chi connectivity index (χ3v) is 7.14. The number of ether oxygens (including phenoxy) is 1. The van der Waals surface area contributed by atoms with E-state index in [-0.39, 0.29) is 0 Å². The fourth-order valence-electron chi connectivity index (χ4n) is 2.80. The van der Waals surface area contributed by atoms with E-state index in [4.69, 9.17) is 4.74 Å². The number of hydrogen-bond donors (Lipinski definition) is 1. The number of hydrogen-bond acceptors (Lipinski definition) is 6. The minimum absolute atomic E-state index is 0.296. The number of anilines is 2. The summed E-state index contributed by atoms with van der Waals surface area (Å²) in [5, 5.41) is 5.95. The fourth-order valence-corrected chi connectivity index (χ4v) is 5.00. The molecule has 2 aromatic carbocycles. The highest BCUT2D eigenvalue weighted by Gasteiger charge is 2.21. The smallest absolute Gasteiger partial charge is 0.243 e. The van der Waals surface area contributed by atoms with Gasteiger partial charge in [-0.05, 0) is 24.3 Å². The van der Waals surface area contributed by atoms with E-state index in [1.54, 1.807) is 31.4 Å². The van der Waals surface area contributed by atoms with Crippen molar-refractivity contribution in [2.45, 2.75) is 18.7 Å². The molecule has 0 aliphatic carbocycles. The van der Waals surface area contributed by atoms with E-state index in [9.17, 15) is 8.42 Å². The van der Waals surface area contributed by atoms with Gasteiger partial charge in [-0.25, -0.2) is 13.4 Å². The summed E-state index contributed by atoms with van der Waals surface area (Å²) in [6, 6.07) is 14.5. The molecule has 0 aliphatic rings. The van der Waals surface area contributed by atoms with E-state index in [1.807, 2.05) is 43.5 Å². The van der Waals surface area contributed by atoms with Crippen molar-refractivity contribution in [1.29, 1.82) is 0 Å². The minimum Gasteiger partial charge on any atom is -0.497 e. The minimum atomic E-state index is -3.45. The van der Waals surface area contributed by atoms with Gasteiger partial charge in [-0.1, -0.05) is 32.0 Å². The molecule has 0 fully saturated rings. The van der Waals surface area contributed by atoms with Crippen LogP contribution in [0.15, 0.2) is 58.8 Å². The first-order valence-electron chi connectivity index (χ1n) is 8.95. The molecule has 1 aromatic heterocycles. The Hall–Kier alpha value is -2.42. The number of rotatable bonds is 8. The Labute approximate surface area is 169 Å². The average molecular weight is 418 g/mol. The summed E-state index contributed by atoms with van der Waals surface area (Å²) in [7, 11) is -1.82. The van der Waals surface area contributed by atoms with Crippen LogP contribution in [0.4, 0.5) is 10.8 Å². The van der Waals surface area contributed by atoms with Crippen LogP contribution >= 0.6 is 11.3 Å². The molecular weight excluding hydrogens is 394 g/mol. The predicted octanol–water partition coefficient (Wildman–Crippen LogP) is 4.59. The standard InChI is InChI=1S/C20H23N3O3S2/c1-4-23(5-2)28(24,25)18-11-9-15(10-12-18)19-14-27-20(22-19)21-16-7-6-8-17(13-16)26-3/h6-14H,4-5H2,1-3H3,(H,21,22). The third kappa shape index (κ3) is 4.35. The van der Waals surface area contributed by atoms with E-state index in [1.165, 1.54) is 15.6 Å². The van der Waals surface area contributed by atoms with Gasteiger partial charge in [0.25, 0.3) is 0 Å². The molecule has 0 bridgehead atoms. The molecule has 3 rings (SSSR count). The van der Waals surface area contributed by atoms with Crippen LogP contribution in [-0.4, -0.2) is 37.9 Å². The molecule has 28 heavy (non-hydrogen) atoms. The van der Waals surface area contributed by atoms with Gasteiger partial charge in [-0.2, -0.15) is 4.31 Å². The van der Waals surface area contributed by atoms with Gasteiger partial charge >= 0.3 is 0 Å². The van der Waals surface area contributed by atoms with Gasteiger partial charge in [0.1, 0.15) is 5.75 Å². The Morgan fingerprint density at radius 3 is 2.46 bits per heavy atom. The number of thiazole rings is 1. The van der Waals surface area contributed by atoms with Gasteiger partial charge in [-0.3, -0.25) is 0 Å². The third-order valence-electron chi connectivity index (χ3n) is 4.32. The number of sulfonamides is 1. The van der Waals surface area contributed by atoms with Crippen molar-refractivity contribution >= 4 is 32.2 Å². The van der Waals surface area contributed by atoms with Crippen LogP contribution in [0.5, 0.6) is 5.75 Å². The number of nitrogens with zero attached hydrogens (tertiary/aromatic N) is 2. The second-order valence-corrected chi connectivity index (χ2v) is 8.80. The van der Waals surface area contributed by atoms with Gasteiger partial charge in [-0.15, -0.1) is 11.3 Å². The van der Waals surface area contributed by atoms with Gasteiger partial charge in [0.2, 0.25) is 10.0 Å². The second-order valence-electron chi connectivity index (χ2n) is 6.01. The lowest BCUT2D eigenvalue weighted by molar-refractivity contribution is 0.415. The maximum Gasteiger partial charge on any atom is 0.243 e. The normalized spacial score (nSPS) is 11.6. The lowest BCUT2D eigenvalue weighted by Crippen LogP contribution is -2.30. The highest BCUT2D eigenvalue weighted by Crippen LogP contribution is 2.29. The van der Waals surface area contributed by atoms with E-state index in [0.717, 1.165) is 27.8 Å². The number of nitrogens with one attached hydrogen (secondary N) is 1. The molecule has 0 amide bonds. The molecule has 0 radical (unpaired) electrons. The van der Waals surface area contributed by atoms with Crippen molar-refractivity contribution < 1.29 is 13.2 Å². The summed E-state index contributed by atoms with van der Waals surface area (Å²) in [5.41, 5.74) is 2.55. The Balaban J connectivity index is 1.78. The quantitative estimate of drug-likeness (QED) is 0.580. The van der Waals surface area contributed by atoms with Crippen LogP contribution in [0.2, 0.25) is 0 Å². The van der Waals surface area contributed by atoms with Crippen LogP contribution in [-0.2, 0) is 10.0 Å². The van der Waals surface area contributed by atoms with Crippen molar-refractivity contribution in [2.24, 2.45) is 0 Å². The van der Waals surface area contributed by atoms with Crippen molar-refractivity contribution in [2.75, 3.05) is 25.5 Å². The predicted molar refractivity (Wildman–Crippen MR) is 114 cm³/mol. The molecule has 0 saturated heterocycles. The summed E-state index contributed by atoms with van der Waals surface area (Å²) < 4.78 is 31.9. The molecule has 0 saturated carbocycles. The van der Waals surface area contributed by atoms with E-state index >= 15 is 0 Å². The van der Waals surface area contributed by atoms with Crippen molar-refractivity contribution in [1.82, 2.24) is 9.29 Å². The van der Waals surface area contributed by atoms with Crippen molar-refractivity contribution in [3.05, 3.63) is 53.9 Å². The molecule has 8 heteroatoms. The average Bonchev–Trinajstić information content (AvgIpc) is 3.17. The molecule has 1 heterocycles. The van der Waals surface area contributed by atoms with Crippen LogP contribution in [0, 0.1) is 0 Å². The van der Waals surface area contributed by atoms with Gasteiger partial charge in [0.15, 0.2) is 5.13 Å².